The van der Waals surface area contributed by atoms with Gasteiger partial charge in [-0.15, -0.1) is 0 Å². The Morgan fingerprint density at radius 2 is 2.19 bits per heavy atom. The fourth-order valence-corrected chi connectivity index (χ4v) is 5.32. The van der Waals surface area contributed by atoms with E-state index in [9.17, 15) is 8.42 Å². The summed E-state index contributed by atoms with van der Waals surface area (Å²) in [6.45, 7) is 0.792. The van der Waals surface area contributed by atoms with Gasteiger partial charge in [-0.1, -0.05) is 6.07 Å². The van der Waals surface area contributed by atoms with Crippen molar-refractivity contribution < 1.29 is 13.2 Å². The summed E-state index contributed by atoms with van der Waals surface area (Å²) in [5.74, 6) is 1.86. The minimum absolute atomic E-state index is 0.269. The molecule has 1 aliphatic carbocycles. The molecule has 2 atom stereocenters. The first-order chi connectivity index (χ1) is 10.1. The Morgan fingerprint density at radius 3 is 2.90 bits per heavy atom. The predicted molar refractivity (Wildman–Crippen MR) is 83.4 cm³/mol. The van der Waals surface area contributed by atoms with E-state index in [1.54, 1.807) is 7.11 Å². The third-order valence-corrected chi connectivity index (χ3v) is 6.48. The van der Waals surface area contributed by atoms with Crippen LogP contribution < -0.4 is 10.1 Å². The van der Waals surface area contributed by atoms with Gasteiger partial charge in [-0.25, -0.2) is 8.42 Å². The number of fused-ring (bicyclic) bond motifs is 1. The molecule has 1 fully saturated rings. The molecule has 3 rings (SSSR count). The standard InChI is InChI=1S/C16H23NO3S/c1-20-14-6-5-13-3-2-4-16(15(13)9-14)17-10-12-7-8-21(18,19)11-12/h5-6,9,12,16-17H,2-4,7-8,10-11H2,1H3. The maximum Gasteiger partial charge on any atom is 0.150 e. The molecule has 1 aromatic rings. The normalized spacial score (nSPS) is 27.3. The largest absolute Gasteiger partial charge is 0.497 e. The highest BCUT2D eigenvalue weighted by Gasteiger charge is 2.29. The number of nitrogens with one attached hydrogen (secondary N) is 1. The third-order valence-electron chi connectivity index (χ3n) is 4.65. The van der Waals surface area contributed by atoms with Crippen LogP contribution in [0.2, 0.25) is 0 Å². The van der Waals surface area contributed by atoms with E-state index in [0.717, 1.165) is 31.6 Å². The predicted octanol–water partition coefficient (Wildman–Crippen LogP) is 2.10. The van der Waals surface area contributed by atoms with E-state index < -0.39 is 9.84 Å². The zero-order chi connectivity index (χ0) is 14.9. The number of aryl methyl sites for hydroxylation is 1. The zero-order valence-electron chi connectivity index (χ0n) is 12.5. The smallest absolute Gasteiger partial charge is 0.150 e. The second-order valence-electron chi connectivity index (χ2n) is 6.19. The van der Waals surface area contributed by atoms with Crippen molar-refractivity contribution in [3.8, 4) is 5.75 Å². The highest BCUT2D eigenvalue weighted by molar-refractivity contribution is 7.91. The molecular formula is C16H23NO3S. The quantitative estimate of drug-likeness (QED) is 0.925. The maximum atomic E-state index is 11.5. The number of sulfone groups is 1. The fourth-order valence-electron chi connectivity index (χ4n) is 3.46. The molecule has 0 saturated carbocycles. The van der Waals surface area contributed by atoms with Gasteiger partial charge in [0.1, 0.15) is 5.75 Å². The van der Waals surface area contributed by atoms with Gasteiger partial charge in [0, 0.05) is 6.04 Å². The van der Waals surface area contributed by atoms with Crippen LogP contribution in [-0.2, 0) is 16.3 Å². The number of benzene rings is 1. The van der Waals surface area contributed by atoms with Gasteiger partial charge in [0.15, 0.2) is 9.84 Å². The Balaban J connectivity index is 1.67. The van der Waals surface area contributed by atoms with Crippen molar-refractivity contribution in [3.05, 3.63) is 29.3 Å². The number of hydrogen-bond donors (Lipinski definition) is 1. The fraction of sp³-hybridized carbons (Fsp3) is 0.625. The van der Waals surface area contributed by atoms with Crippen LogP contribution in [0.5, 0.6) is 5.75 Å². The highest BCUT2D eigenvalue weighted by atomic mass is 32.2. The van der Waals surface area contributed by atoms with E-state index in [-0.39, 0.29) is 5.92 Å². The Morgan fingerprint density at radius 1 is 1.33 bits per heavy atom. The summed E-state index contributed by atoms with van der Waals surface area (Å²) in [5, 5.41) is 3.59. The zero-order valence-corrected chi connectivity index (χ0v) is 13.3. The van der Waals surface area contributed by atoms with Gasteiger partial charge in [-0.05, 0) is 61.4 Å². The summed E-state index contributed by atoms with van der Waals surface area (Å²) in [5.41, 5.74) is 2.71. The topological polar surface area (TPSA) is 55.4 Å². The first-order valence-corrected chi connectivity index (χ1v) is 9.50. The molecule has 0 aromatic heterocycles. The van der Waals surface area contributed by atoms with Gasteiger partial charge in [0.2, 0.25) is 0 Å². The molecule has 1 N–H and O–H groups in total. The van der Waals surface area contributed by atoms with Crippen molar-refractivity contribution in [1.29, 1.82) is 0 Å². The van der Waals surface area contributed by atoms with Crippen molar-refractivity contribution in [3.63, 3.8) is 0 Å². The number of rotatable bonds is 4. The Kier molecular flexibility index (Phi) is 4.22. The van der Waals surface area contributed by atoms with Crippen molar-refractivity contribution in [2.45, 2.75) is 31.7 Å². The lowest BCUT2D eigenvalue weighted by Crippen LogP contribution is -2.30. The van der Waals surface area contributed by atoms with Crippen LogP contribution in [0, 0.1) is 5.92 Å². The minimum Gasteiger partial charge on any atom is -0.497 e. The van der Waals surface area contributed by atoms with Crippen LogP contribution in [0.3, 0.4) is 0 Å². The monoisotopic (exact) mass is 309 g/mol. The molecule has 1 saturated heterocycles. The lowest BCUT2D eigenvalue weighted by molar-refractivity contribution is 0.401. The van der Waals surface area contributed by atoms with Gasteiger partial charge in [-0.2, -0.15) is 0 Å². The van der Waals surface area contributed by atoms with Crippen molar-refractivity contribution in [2.24, 2.45) is 5.92 Å². The molecular weight excluding hydrogens is 286 g/mol. The van der Waals surface area contributed by atoms with Crippen LogP contribution in [-0.4, -0.2) is 33.6 Å². The molecule has 2 unspecified atom stereocenters. The van der Waals surface area contributed by atoms with Gasteiger partial charge in [-0.3, -0.25) is 0 Å². The molecule has 1 aliphatic heterocycles. The molecule has 0 bridgehead atoms. The summed E-state index contributed by atoms with van der Waals surface area (Å²) >= 11 is 0. The summed E-state index contributed by atoms with van der Waals surface area (Å²) < 4.78 is 28.4. The average Bonchev–Trinajstić information content (AvgIpc) is 2.83. The first kappa shape index (κ1) is 14.9. The van der Waals surface area contributed by atoms with Crippen LogP contribution >= 0.6 is 0 Å². The van der Waals surface area contributed by atoms with Gasteiger partial charge < -0.3 is 10.1 Å². The Bertz CT molecular complexity index is 612. The van der Waals surface area contributed by atoms with E-state index in [1.807, 2.05) is 6.07 Å². The minimum atomic E-state index is -2.78. The number of ether oxygens (including phenoxy) is 1. The summed E-state index contributed by atoms with van der Waals surface area (Å²) in [6.07, 6.45) is 4.21. The van der Waals surface area contributed by atoms with Crippen LogP contribution in [0.4, 0.5) is 0 Å². The molecule has 1 heterocycles. The van der Waals surface area contributed by atoms with Crippen LogP contribution in [0.15, 0.2) is 18.2 Å². The molecule has 2 aliphatic rings. The van der Waals surface area contributed by atoms with Crippen LogP contribution in [0.25, 0.3) is 0 Å². The molecule has 0 radical (unpaired) electrons. The molecule has 21 heavy (non-hydrogen) atoms. The maximum absolute atomic E-state index is 11.5. The summed E-state index contributed by atoms with van der Waals surface area (Å²) in [4.78, 5) is 0. The van der Waals surface area contributed by atoms with Crippen molar-refractivity contribution in [1.82, 2.24) is 5.32 Å². The lowest BCUT2D eigenvalue weighted by Gasteiger charge is -2.28. The SMILES string of the molecule is COc1ccc2c(c1)C(NCC1CCS(=O)(=O)C1)CCC2. The van der Waals surface area contributed by atoms with Crippen LogP contribution in [0.1, 0.15) is 36.4 Å². The first-order valence-electron chi connectivity index (χ1n) is 7.68. The highest BCUT2D eigenvalue weighted by Crippen LogP contribution is 2.32. The van der Waals surface area contributed by atoms with Gasteiger partial charge in [0.05, 0.1) is 18.6 Å². The van der Waals surface area contributed by atoms with E-state index >= 15 is 0 Å². The third kappa shape index (κ3) is 3.40. The molecule has 0 spiro atoms. The van der Waals surface area contributed by atoms with E-state index in [0.29, 0.717) is 17.5 Å². The second-order valence-corrected chi connectivity index (χ2v) is 8.42. The number of hydrogen-bond acceptors (Lipinski definition) is 4. The average molecular weight is 309 g/mol. The van der Waals surface area contributed by atoms with Crippen molar-refractivity contribution in [2.75, 3.05) is 25.2 Å². The van der Waals surface area contributed by atoms with E-state index in [1.165, 1.54) is 17.5 Å². The molecule has 1 aromatic carbocycles. The lowest BCUT2D eigenvalue weighted by atomic mass is 9.87. The van der Waals surface area contributed by atoms with E-state index in [4.69, 9.17) is 4.74 Å². The summed E-state index contributed by atoms with van der Waals surface area (Å²) in [6, 6.07) is 6.62. The Hall–Kier alpha value is -1.07. The second kappa shape index (κ2) is 5.97. The van der Waals surface area contributed by atoms with E-state index in [2.05, 4.69) is 17.4 Å². The molecule has 0 amide bonds. The molecule has 116 valence electrons. The summed E-state index contributed by atoms with van der Waals surface area (Å²) in [7, 11) is -1.09. The molecule has 5 heteroatoms. The Labute approximate surface area is 126 Å². The van der Waals surface area contributed by atoms with Gasteiger partial charge in [0.25, 0.3) is 0 Å². The van der Waals surface area contributed by atoms with Crippen molar-refractivity contribution >= 4 is 9.84 Å². The number of methoxy groups -OCH3 is 1. The van der Waals surface area contributed by atoms with Gasteiger partial charge >= 0.3 is 0 Å². The molecule has 4 nitrogen and oxygen atoms in total.